The minimum absolute atomic E-state index is 0.0172. The van der Waals surface area contributed by atoms with Crippen LogP contribution in [0, 0.1) is 0 Å². The molecular formula is C17H15F3N2O3. The number of β-amino-alcohol motifs (C(OH)–C–C–N with tert-alkyl or cyclic N) is 1. The van der Waals surface area contributed by atoms with Gasteiger partial charge in [-0.15, -0.1) is 0 Å². The summed E-state index contributed by atoms with van der Waals surface area (Å²) in [5, 5.41) is 9.92. The number of hydrogen-bond acceptors (Lipinski definition) is 3. The first kappa shape index (κ1) is 17.2. The van der Waals surface area contributed by atoms with Crippen molar-refractivity contribution in [3.05, 3.63) is 69.6 Å². The number of alkyl halides is 3. The summed E-state index contributed by atoms with van der Waals surface area (Å²) in [6, 6.07) is 8.08. The number of aromatic amines is 1. The highest BCUT2D eigenvalue weighted by molar-refractivity contribution is 5.92. The van der Waals surface area contributed by atoms with Gasteiger partial charge in [0, 0.05) is 12.6 Å². The maximum atomic E-state index is 12.9. The maximum absolute atomic E-state index is 12.9. The number of benzene rings is 1. The highest BCUT2D eigenvalue weighted by Gasteiger charge is 2.37. The molecule has 5 nitrogen and oxygen atoms in total. The van der Waals surface area contributed by atoms with Crippen molar-refractivity contribution < 1.29 is 23.1 Å². The first-order valence-corrected chi connectivity index (χ1v) is 7.61. The molecule has 2 atom stereocenters. The molecule has 2 N–H and O–H groups in total. The first-order valence-electron chi connectivity index (χ1n) is 7.61. The number of hydrogen-bond donors (Lipinski definition) is 2. The number of H-pyrrole nitrogens is 1. The minimum Gasteiger partial charge on any atom is -0.391 e. The molecule has 0 aliphatic carbocycles. The summed E-state index contributed by atoms with van der Waals surface area (Å²) in [6.45, 7) is -0.0172. The lowest BCUT2D eigenvalue weighted by molar-refractivity contribution is -0.137. The third kappa shape index (κ3) is 3.58. The van der Waals surface area contributed by atoms with Gasteiger partial charge in [-0.2, -0.15) is 13.2 Å². The van der Waals surface area contributed by atoms with Crippen LogP contribution in [0.1, 0.15) is 34.1 Å². The van der Waals surface area contributed by atoms with Crippen LogP contribution in [0.4, 0.5) is 13.2 Å². The Hall–Kier alpha value is -2.61. The zero-order chi connectivity index (χ0) is 18.2. The number of pyridine rings is 1. The van der Waals surface area contributed by atoms with Gasteiger partial charge in [-0.1, -0.05) is 18.2 Å². The van der Waals surface area contributed by atoms with Gasteiger partial charge in [-0.3, -0.25) is 9.59 Å². The molecule has 2 aromatic rings. The van der Waals surface area contributed by atoms with E-state index in [1.54, 1.807) is 0 Å². The second-order valence-electron chi connectivity index (χ2n) is 5.91. The SMILES string of the molecule is O=C(c1cccc(=O)[nH]1)N1C[C@H](O)C[C@H]1c1cccc(C(F)(F)F)c1. The van der Waals surface area contributed by atoms with Crippen LogP contribution in [-0.2, 0) is 6.18 Å². The largest absolute Gasteiger partial charge is 0.416 e. The van der Waals surface area contributed by atoms with Crippen LogP contribution in [0.2, 0.25) is 0 Å². The Kier molecular flexibility index (Phi) is 4.38. The number of carbonyl (C=O) groups excluding carboxylic acids is 1. The average Bonchev–Trinajstić information content (AvgIpc) is 2.95. The predicted molar refractivity (Wildman–Crippen MR) is 82.9 cm³/mol. The van der Waals surface area contributed by atoms with E-state index in [4.69, 9.17) is 0 Å². The Balaban J connectivity index is 1.95. The fraction of sp³-hybridized carbons (Fsp3) is 0.294. The average molecular weight is 352 g/mol. The Labute approximate surface area is 140 Å². The normalized spacial score (nSPS) is 20.7. The number of aliphatic hydroxyl groups excluding tert-OH is 1. The van der Waals surface area contributed by atoms with Gasteiger partial charge in [0.2, 0.25) is 5.56 Å². The van der Waals surface area contributed by atoms with Crippen molar-refractivity contribution in [2.75, 3.05) is 6.54 Å². The van der Waals surface area contributed by atoms with Crippen molar-refractivity contribution in [3.63, 3.8) is 0 Å². The molecule has 3 rings (SSSR count). The van der Waals surface area contributed by atoms with Gasteiger partial charge < -0.3 is 15.0 Å². The van der Waals surface area contributed by atoms with E-state index in [0.29, 0.717) is 0 Å². The van der Waals surface area contributed by atoms with Gasteiger partial charge >= 0.3 is 6.18 Å². The zero-order valence-electron chi connectivity index (χ0n) is 13.0. The maximum Gasteiger partial charge on any atom is 0.416 e. The third-order valence-electron chi connectivity index (χ3n) is 4.14. The Morgan fingerprint density at radius 3 is 2.60 bits per heavy atom. The van der Waals surface area contributed by atoms with Crippen LogP contribution in [-0.4, -0.2) is 33.5 Å². The molecule has 132 valence electrons. The fourth-order valence-electron chi connectivity index (χ4n) is 3.00. The number of aliphatic hydroxyl groups is 1. The molecule has 1 amide bonds. The van der Waals surface area contributed by atoms with E-state index in [-0.39, 0.29) is 24.2 Å². The molecule has 0 unspecified atom stereocenters. The summed E-state index contributed by atoms with van der Waals surface area (Å²) in [5.41, 5.74) is -0.954. The summed E-state index contributed by atoms with van der Waals surface area (Å²) < 4.78 is 38.8. The van der Waals surface area contributed by atoms with Crippen molar-refractivity contribution in [2.45, 2.75) is 24.7 Å². The summed E-state index contributed by atoms with van der Waals surface area (Å²) in [7, 11) is 0. The van der Waals surface area contributed by atoms with E-state index < -0.39 is 35.4 Å². The van der Waals surface area contributed by atoms with Gasteiger partial charge in [0.25, 0.3) is 5.91 Å². The molecule has 1 aromatic heterocycles. The molecule has 25 heavy (non-hydrogen) atoms. The number of aromatic nitrogens is 1. The lowest BCUT2D eigenvalue weighted by atomic mass is 10.0. The molecule has 8 heteroatoms. The second-order valence-corrected chi connectivity index (χ2v) is 5.91. The topological polar surface area (TPSA) is 73.4 Å². The van der Waals surface area contributed by atoms with Crippen LogP contribution < -0.4 is 5.56 Å². The number of nitrogens with one attached hydrogen (secondary N) is 1. The highest BCUT2D eigenvalue weighted by atomic mass is 19.4. The van der Waals surface area contributed by atoms with E-state index in [2.05, 4.69) is 4.98 Å². The molecule has 0 bridgehead atoms. The number of rotatable bonds is 2. The summed E-state index contributed by atoms with van der Waals surface area (Å²) in [4.78, 5) is 27.7. The van der Waals surface area contributed by atoms with Crippen LogP contribution in [0.3, 0.4) is 0 Å². The van der Waals surface area contributed by atoms with Crippen LogP contribution >= 0.6 is 0 Å². The second kappa shape index (κ2) is 6.36. The van der Waals surface area contributed by atoms with Crippen molar-refractivity contribution in [1.82, 2.24) is 9.88 Å². The number of amides is 1. The molecule has 0 saturated carbocycles. The molecule has 1 fully saturated rings. The first-order chi connectivity index (χ1) is 11.8. The standard InChI is InChI=1S/C17H15F3N2O3/c18-17(19,20)11-4-1-3-10(7-11)14-8-12(23)9-22(14)16(25)13-5-2-6-15(24)21-13/h1-7,12,14,23H,8-9H2,(H,21,24)/t12-,14+/m1/s1. The zero-order valence-corrected chi connectivity index (χ0v) is 13.0. The van der Waals surface area contributed by atoms with Crippen LogP contribution in [0.5, 0.6) is 0 Å². The molecule has 0 spiro atoms. The van der Waals surface area contributed by atoms with Gasteiger partial charge in [0.1, 0.15) is 5.69 Å². The van der Waals surface area contributed by atoms with Crippen molar-refractivity contribution in [1.29, 1.82) is 0 Å². The van der Waals surface area contributed by atoms with E-state index in [0.717, 1.165) is 12.1 Å². The Bertz CT molecular complexity index is 847. The van der Waals surface area contributed by atoms with Gasteiger partial charge in [-0.05, 0) is 30.2 Å². The van der Waals surface area contributed by atoms with E-state index >= 15 is 0 Å². The predicted octanol–water partition coefficient (Wildman–Crippen LogP) is 2.34. The highest BCUT2D eigenvalue weighted by Crippen LogP contribution is 2.36. The van der Waals surface area contributed by atoms with Crippen molar-refractivity contribution >= 4 is 5.91 Å². The Morgan fingerprint density at radius 1 is 1.20 bits per heavy atom. The van der Waals surface area contributed by atoms with Crippen molar-refractivity contribution in [2.24, 2.45) is 0 Å². The molecule has 1 aliphatic heterocycles. The van der Waals surface area contributed by atoms with E-state index in [9.17, 15) is 27.9 Å². The number of halogens is 3. The smallest absolute Gasteiger partial charge is 0.391 e. The van der Waals surface area contributed by atoms with E-state index in [1.807, 2.05) is 0 Å². The lowest BCUT2D eigenvalue weighted by Crippen LogP contribution is -2.33. The molecule has 1 aliphatic rings. The number of likely N-dealkylation sites (tertiary alicyclic amines) is 1. The third-order valence-corrected chi connectivity index (χ3v) is 4.14. The molecule has 1 saturated heterocycles. The molecular weight excluding hydrogens is 337 g/mol. The van der Waals surface area contributed by atoms with Crippen LogP contribution in [0.25, 0.3) is 0 Å². The Morgan fingerprint density at radius 2 is 1.92 bits per heavy atom. The fourth-order valence-corrected chi connectivity index (χ4v) is 3.00. The lowest BCUT2D eigenvalue weighted by Gasteiger charge is -2.25. The monoisotopic (exact) mass is 352 g/mol. The molecule has 0 radical (unpaired) electrons. The van der Waals surface area contributed by atoms with Gasteiger partial charge in [-0.25, -0.2) is 0 Å². The number of nitrogens with zero attached hydrogens (tertiary/aromatic N) is 1. The summed E-state index contributed by atoms with van der Waals surface area (Å²) in [6.07, 6.45) is -5.21. The summed E-state index contributed by atoms with van der Waals surface area (Å²) >= 11 is 0. The van der Waals surface area contributed by atoms with Crippen LogP contribution in [0.15, 0.2) is 47.3 Å². The van der Waals surface area contributed by atoms with Crippen molar-refractivity contribution in [3.8, 4) is 0 Å². The molecule has 2 heterocycles. The van der Waals surface area contributed by atoms with Gasteiger partial charge in [0.05, 0.1) is 17.7 Å². The van der Waals surface area contributed by atoms with E-state index in [1.165, 1.54) is 35.2 Å². The molecule has 1 aromatic carbocycles. The summed E-state index contributed by atoms with van der Waals surface area (Å²) in [5.74, 6) is -0.545. The quantitative estimate of drug-likeness (QED) is 0.871. The number of carbonyl (C=O) groups is 1. The minimum atomic E-state index is -4.49. The van der Waals surface area contributed by atoms with Gasteiger partial charge in [0.15, 0.2) is 0 Å².